The summed E-state index contributed by atoms with van der Waals surface area (Å²) in [5.74, 6) is 0.540. The first-order chi connectivity index (χ1) is 10.2. The highest BCUT2D eigenvalue weighted by Gasteiger charge is 2.49. The molecule has 1 heterocycles. The van der Waals surface area contributed by atoms with Crippen molar-refractivity contribution in [2.75, 3.05) is 13.6 Å². The van der Waals surface area contributed by atoms with Gasteiger partial charge in [-0.25, -0.2) is 0 Å². The Kier molecular flexibility index (Phi) is 3.59. The number of benzene rings is 2. The molecule has 2 aromatic rings. The number of hydrogen-bond donors (Lipinski definition) is 0. The quantitative estimate of drug-likeness (QED) is 0.783. The Balaban J connectivity index is 2.31. The van der Waals surface area contributed by atoms with Gasteiger partial charge in [0.2, 0.25) is 0 Å². The van der Waals surface area contributed by atoms with Crippen LogP contribution >= 0.6 is 0 Å². The lowest BCUT2D eigenvalue weighted by atomic mass is 9.66. The maximum Gasteiger partial charge on any atom is 0.0639 e. The minimum absolute atomic E-state index is 0.0357. The average molecular weight is 277 g/mol. The Morgan fingerprint density at radius 1 is 0.952 bits per heavy atom. The molecule has 1 aliphatic rings. The van der Waals surface area contributed by atoms with Gasteiger partial charge in [-0.1, -0.05) is 73.7 Å². The molecule has 0 spiro atoms. The van der Waals surface area contributed by atoms with E-state index in [4.69, 9.17) is 0 Å². The highest BCUT2D eigenvalue weighted by Crippen LogP contribution is 2.50. The average Bonchev–Trinajstić information content (AvgIpc) is 2.79. The topological polar surface area (TPSA) is 3.24 Å². The highest BCUT2D eigenvalue weighted by atomic mass is 15.2. The van der Waals surface area contributed by atoms with Gasteiger partial charge < -0.3 is 4.90 Å². The molecule has 0 amide bonds. The zero-order valence-electron chi connectivity index (χ0n) is 13.1. The van der Waals surface area contributed by atoms with Gasteiger partial charge in [-0.2, -0.15) is 0 Å². The van der Waals surface area contributed by atoms with Crippen LogP contribution in [0.15, 0.2) is 72.4 Å². The summed E-state index contributed by atoms with van der Waals surface area (Å²) in [4.78, 5) is 2.41. The molecule has 1 saturated heterocycles. The van der Waals surface area contributed by atoms with Crippen molar-refractivity contribution in [3.63, 3.8) is 0 Å². The summed E-state index contributed by atoms with van der Waals surface area (Å²) in [6.07, 6.45) is 2.28. The van der Waals surface area contributed by atoms with Crippen molar-refractivity contribution in [2.45, 2.75) is 19.3 Å². The SMILES string of the molecule is CC=C1N(C)CC(C)C1(c1ccccc1)c1ccccc1. The van der Waals surface area contributed by atoms with Gasteiger partial charge >= 0.3 is 0 Å². The van der Waals surface area contributed by atoms with Crippen LogP contribution in [0.1, 0.15) is 25.0 Å². The Morgan fingerprint density at radius 3 is 1.86 bits per heavy atom. The van der Waals surface area contributed by atoms with Crippen LogP contribution in [0, 0.1) is 5.92 Å². The Morgan fingerprint density at radius 2 is 1.43 bits per heavy atom. The van der Waals surface area contributed by atoms with Crippen LogP contribution in [0.4, 0.5) is 0 Å². The molecular formula is C20H23N. The van der Waals surface area contributed by atoms with Crippen molar-refractivity contribution in [1.29, 1.82) is 0 Å². The number of rotatable bonds is 2. The lowest BCUT2D eigenvalue weighted by Crippen LogP contribution is -2.33. The van der Waals surface area contributed by atoms with Crippen LogP contribution < -0.4 is 0 Å². The van der Waals surface area contributed by atoms with E-state index < -0.39 is 0 Å². The Bertz CT molecular complexity index is 588. The number of likely N-dealkylation sites (N-methyl/N-ethyl adjacent to an activating group) is 1. The summed E-state index contributed by atoms with van der Waals surface area (Å²) in [5, 5.41) is 0. The minimum Gasteiger partial charge on any atom is -0.377 e. The highest BCUT2D eigenvalue weighted by molar-refractivity contribution is 5.51. The van der Waals surface area contributed by atoms with Gasteiger partial charge in [-0.05, 0) is 24.0 Å². The number of nitrogens with zero attached hydrogens (tertiary/aromatic N) is 1. The third-order valence-electron chi connectivity index (χ3n) is 4.83. The largest absolute Gasteiger partial charge is 0.377 e. The maximum absolute atomic E-state index is 2.41. The van der Waals surface area contributed by atoms with Gasteiger partial charge in [0.05, 0.1) is 5.41 Å². The Hall–Kier alpha value is -2.02. The number of allylic oxidation sites excluding steroid dienone is 2. The number of hydrogen-bond acceptors (Lipinski definition) is 1. The fourth-order valence-electron chi connectivity index (χ4n) is 4.08. The fraction of sp³-hybridized carbons (Fsp3) is 0.300. The molecule has 0 aromatic heterocycles. The van der Waals surface area contributed by atoms with Crippen molar-refractivity contribution < 1.29 is 0 Å². The van der Waals surface area contributed by atoms with Gasteiger partial charge in [0, 0.05) is 19.3 Å². The molecule has 1 aliphatic heterocycles. The van der Waals surface area contributed by atoms with Gasteiger partial charge in [-0.15, -0.1) is 0 Å². The predicted octanol–water partition coefficient (Wildman–Crippen LogP) is 4.46. The van der Waals surface area contributed by atoms with Crippen LogP contribution in [0.25, 0.3) is 0 Å². The van der Waals surface area contributed by atoms with Crippen molar-refractivity contribution in [3.8, 4) is 0 Å². The molecule has 0 bridgehead atoms. The molecule has 3 rings (SSSR count). The summed E-state index contributed by atoms with van der Waals surface area (Å²) >= 11 is 0. The molecule has 1 nitrogen and oxygen atoms in total. The van der Waals surface area contributed by atoms with Gasteiger partial charge in [0.15, 0.2) is 0 Å². The molecular weight excluding hydrogens is 254 g/mol. The molecule has 108 valence electrons. The van der Waals surface area contributed by atoms with E-state index in [0.29, 0.717) is 5.92 Å². The normalized spacial score (nSPS) is 22.7. The van der Waals surface area contributed by atoms with Crippen LogP contribution in [0.3, 0.4) is 0 Å². The molecule has 1 unspecified atom stereocenters. The zero-order valence-corrected chi connectivity index (χ0v) is 13.1. The van der Waals surface area contributed by atoms with E-state index in [1.807, 2.05) is 0 Å². The van der Waals surface area contributed by atoms with E-state index in [9.17, 15) is 0 Å². The third kappa shape index (κ3) is 1.99. The maximum atomic E-state index is 2.41. The monoisotopic (exact) mass is 277 g/mol. The summed E-state index contributed by atoms with van der Waals surface area (Å²) in [6.45, 7) is 5.61. The molecule has 1 atom stereocenters. The first kappa shape index (κ1) is 13.9. The predicted molar refractivity (Wildman–Crippen MR) is 89.2 cm³/mol. The van der Waals surface area contributed by atoms with Crippen LogP contribution in [-0.2, 0) is 5.41 Å². The van der Waals surface area contributed by atoms with Crippen molar-refractivity contribution >= 4 is 0 Å². The van der Waals surface area contributed by atoms with E-state index in [1.54, 1.807) is 0 Å². The van der Waals surface area contributed by atoms with Crippen LogP contribution in [-0.4, -0.2) is 18.5 Å². The van der Waals surface area contributed by atoms with Crippen molar-refractivity contribution in [1.82, 2.24) is 4.90 Å². The molecule has 0 aliphatic carbocycles. The second-order valence-electron chi connectivity index (χ2n) is 6.00. The summed E-state index contributed by atoms with van der Waals surface area (Å²) in [5.41, 5.74) is 4.15. The van der Waals surface area contributed by atoms with E-state index >= 15 is 0 Å². The van der Waals surface area contributed by atoms with Crippen molar-refractivity contribution in [2.24, 2.45) is 5.92 Å². The molecule has 21 heavy (non-hydrogen) atoms. The van der Waals surface area contributed by atoms with Crippen LogP contribution in [0.5, 0.6) is 0 Å². The second-order valence-corrected chi connectivity index (χ2v) is 6.00. The zero-order chi connectivity index (χ0) is 14.9. The van der Waals surface area contributed by atoms with E-state index in [0.717, 1.165) is 6.54 Å². The second kappa shape index (κ2) is 5.40. The third-order valence-corrected chi connectivity index (χ3v) is 4.83. The minimum atomic E-state index is -0.0357. The molecule has 2 aromatic carbocycles. The van der Waals surface area contributed by atoms with Crippen LogP contribution in [0.2, 0.25) is 0 Å². The summed E-state index contributed by atoms with van der Waals surface area (Å²) < 4.78 is 0. The standard InChI is InChI=1S/C20H23N/c1-4-19-20(16(2)15-21(19)3,17-11-7-5-8-12-17)18-13-9-6-10-14-18/h4-14,16H,15H2,1-3H3. The lowest BCUT2D eigenvalue weighted by molar-refractivity contribution is 0.434. The van der Waals surface area contributed by atoms with Gasteiger partial charge in [0.1, 0.15) is 0 Å². The smallest absolute Gasteiger partial charge is 0.0639 e. The molecule has 0 N–H and O–H groups in total. The molecule has 1 heteroatoms. The van der Waals surface area contributed by atoms with E-state index in [2.05, 4.69) is 92.5 Å². The Labute approximate surface area is 127 Å². The fourth-order valence-corrected chi connectivity index (χ4v) is 4.08. The van der Waals surface area contributed by atoms with E-state index in [-0.39, 0.29) is 5.41 Å². The molecule has 1 fully saturated rings. The summed E-state index contributed by atoms with van der Waals surface area (Å²) in [6, 6.07) is 21.9. The van der Waals surface area contributed by atoms with E-state index in [1.165, 1.54) is 16.8 Å². The van der Waals surface area contributed by atoms with Crippen molar-refractivity contribution in [3.05, 3.63) is 83.6 Å². The van der Waals surface area contributed by atoms with Gasteiger partial charge in [0.25, 0.3) is 0 Å². The van der Waals surface area contributed by atoms with Gasteiger partial charge in [-0.3, -0.25) is 0 Å². The lowest BCUT2D eigenvalue weighted by Gasteiger charge is -2.36. The molecule has 0 radical (unpaired) electrons. The first-order valence-corrected chi connectivity index (χ1v) is 7.70. The molecule has 0 saturated carbocycles. The first-order valence-electron chi connectivity index (χ1n) is 7.70. The summed E-state index contributed by atoms with van der Waals surface area (Å²) in [7, 11) is 2.21. The number of likely N-dealkylation sites (tertiary alicyclic amines) is 1.